The van der Waals surface area contributed by atoms with Crippen LogP contribution in [-0.2, 0) is 0 Å². The number of benzene rings is 1. The summed E-state index contributed by atoms with van der Waals surface area (Å²) >= 11 is 9.11. The van der Waals surface area contributed by atoms with Gasteiger partial charge in [0.25, 0.3) is 0 Å². The van der Waals surface area contributed by atoms with Gasteiger partial charge in [-0.15, -0.1) is 0 Å². The molecule has 0 spiro atoms. The Morgan fingerprint density at radius 2 is 1.90 bits per heavy atom. The molecular formula is C13H11BrClFN4O. The van der Waals surface area contributed by atoms with Crippen molar-refractivity contribution in [1.82, 2.24) is 15.0 Å². The first kappa shape index (κ1) is 14.5. The van der Waals surface area contributed by atoms with Crippen LogP contribution >= 0.6 is 27.5 Å². The minimum absolute atomic E-state index is 0.0504. The van der Waals surface area contributed by atoms with Crippen LogP contribution in [0.4, 0.5) is 10.3 Å². The smallest absolute Gasteiger partial charge is 0.328 e. The Morgan fingerprint density at radius 1 is 1.14 bits per heavy atom. The van der Waals surface area contributed by atoms with Crippen molar-refractivity contribution in [3.63, 3.8) is 0 Å². The molecule has 0 aliphatic carbocycles. The zero-order valence-corrected chi connectivity index (χ0v) is 13.2. The molecule has 1 aliphatic rings. The molecule has 21 heavy (non-hydrogen) atoms. The van der Waals surface area contributed by atoms with Gasteiger partial charge < -0.3 is 9.64 Å². The van der Waals surface area contributed by atoms with Crippen LogP contribution in [0.2, 0.25) is 5.28 Å². The van der Waals surface area contributed by atoms with Gasteiger partial charge in [-0.2, -0.15) is 15.0 Å². The number of anilines is 1. The number of aromatic nitrogens is 3. The molecule has 2 heterocycles. The van der Waals surface area contributed by atoms with Crippen molar-refractivity contribution in [3.05, 3.63) is 33.8 Å². The van der Waals surface area contributed by atoms with E-state index in [-0.39, 0.29) is 17.0 Å². The first-order valence-corrected chi connectivity index (χ1v) is 7.58. The lowest BCUT2D eigenvalue weighted by molar-refractivity contribution is 0.435. The number of hydrogen-bond donors (Lipinski definition) is 0. The lowest BCUT2D eigenvalue weighted by atomic mass is 10.3. The number of rotatable bonds is 3. The number of ether oxygens (including phenoxy) is 1. The maximum atomic E-state index is 13.3. The quantitative estimate of drug-likeness (QED) is 0.818. The Hall–Kier alpha value is -1.47. The molecule has 0 radical (unpaired) electrons. The molecule has 1 fully saturated rings. The van der Waals surface area contributed by atoms with Gasteiger partial charge in [0, 0.05) is 23.6 Å². The third kappa shape index (κ3) is 3.59. The molecule has 2 aromatic rings. The van der Waals surface area contributed by atoms with E-state index in [0.29, 0.717) is 10.4 Å². The highest BCUT2D eigenvalue weighted by atomic mass is 79.9. The highest BCUT2D eigenvalue weighted by molar-refractivity contribution is 9.10. The van der Waals surface area contributed by atoms with Gasteiger partial charge in [0.1, 0.15) is 11.6 Å². The Morgan fingerprint density at radius 3 is 2.62 bits per heavy atom. The average Bonchev–Trinajstić information content (AvgIpc) is 2.90. The fraction of sp³-hybridized carbons (Fsp3) is 0.308. The molecule has 0 amide bonds. The summed E-state index contributed by atoms with van der Waals surface area (Å²) in [6, 6.07) is 4.26. The molecule has 8 heteroatoms. The summed E-state index contributed by atoms with van der Waals surface area (Å²) < 4.78 is 19.4. The first-order chi connectivity index (χ1) is 10.1. The molecular weight excluding hydrogens is 363 g/mol. The largest absolute Gasteiger partial charge is 0.424 e. The molecule has 5 nitrogen and oxygen atoms in total. The third-order valence-corrected chi connectivity index (χ3v) is 3.64. The van der Waals surface area contributed by atoms with Gasteiger partial charge in [-0.1, -0.05) is 15.9 Å². The van der Waals surface area contributed by atoms with Crippen molar-refractivity contribution in [2.24, 2.45) is 0 Å². The van der Waals surface area contributed by atoms with Gasteiger partial charge in [-0.3, -0.25) is 0 Å². The van der Waals surface area contributed by atoms with Gasteiger partial charge >= 0.3 is 6.01 Å². The third-order valence-electron chi connectivity index (χ3n) is 3.01. The van der Waals surface area contributed by atoms with E-state index in [1.807, 2.05) is 4.90 Å². The first-order valence-electron chi connectivity index (χ1n) is 6.40. The maximum absolute atomic E-state index is 13.3. The van der Waals surface area contributed by atoms with Crippen LogP contribution in [0.5, 0.6) is 11.8 Å². The number of nitrogens with zero attached hydrogens (tertiary/aromatic N) is 4. The van der Waals surface area contributed by atoms with Crippen LogP contribution in [0, 0.1) is 5.82 Å². The Balaban J connectivity index is 1.87. The SMILES string of the molecule is Fc1cc(Br)cc(Oc2nc(Cl)nc(N3CCCC3)n2)c1. The normalized spacial score (nSPS) is 14.5. The van der Waals surface area contributed by atoms with Crippen molar-refractivity contribution < 1.29 is 9.13 Å². The second-order valence-corrected chi connectivity index (χ2v) is 5.84. The predicted molar refractivity (Wildman–Crippen MR) is 80.5 cm³/mol. The second kappa shape index (κ2) is 6.11. The van der Waals surface area contributed by atoms with E-state index in [9.17, 15) is 4.39 Å². The van der Waals surface area contributed by atoms with E-state index >= 15 is 0 Å². The second-order valence-electron chi connectivity index (χ2n) is 4.59. The fourth-order valence-corrected chi connectivity index (χ4v) is 2.71. The fourth-order valence-electron chi connectivity index (χ4n) is 2.12. The predicted octanol–water partition coefficient (Wildman–Crippen LogP) is 3.82. The van der Waals surface area contributed by atoms with Crippen LogP contribution in [0.1, 0.15) is 12.8 Å². The van der Waals surface area contributed by atoms with E-state index < -0.39 is 5.82 Å². The summed E-state index contributed by atoms with van der Waals surface area (Å²) in [5.41, 5.74) is 0. The van der Waals surface area contributed by atoms with Crippen molar-refractivity contribution >= 4 is 33.5 Å². The van der Waals surface area contributed by atoms with Gasteiger partial charge in [0.05, 0.1) is 0 Å². The van der Waals surface area contributed by atoms with Crippen LogP contribution in [0.15, 0.2) is 22.7 Å². The van der Waals surface area contributed by atoms with Gasteiger partial charge in [0.2, 0.25) is 11.2 Å². The molecule has 1 aliphatic heterocycles. The lowest BCUT2D eigenvalue weighted by Gasteiger charge is -2.15. The van der Waals surface area contributed by atoms with Crippen molar-refractivity contribution in [2.75, 3.05) is 18.0 Å². The van der Waals surface area contributed by atoms with Crippen LogP contribution < -0.4 is 9.64 Å². The Kier molecular flexibility index (Phi) is 4.21. The van der Waals surface area contributed by atoms with Crippen LogP contribution in [0.25, 0.3) is 0 Å². The van der Waals surface area contributed by atoms with Crippen molar-refractivity contribution in [3.8, 4) is 11.8 Å². The minimum Gasteiger partial charge on any atom is -0.424 e. The molecule has 0 atom stereocenters. The van der Waals surface area contributed by atoms with Gasteiger partial charge in [-0.05, 0) is 36.6 Å². The van der Waals surface area contributed by atoms with E-state index in [0.717, 1.165) is 25.9 Å². The highest BCUT2D eigenvalue weighted by Gasteiger charge is 2.17. The number of halogens is 3. The summed E-state index contributed by atoms with van der Waals surface area (Å²) in [6.07, 6.45) is 2.19. The Bertz CT molecular complexity index is 646. The highest BCUT2D eigenvalue weighted by Crippen LogP contribution is 2.26. The molecule has 1 aromatic heterocycles. The lowest BCUT2D eigenvalue weighted by Crippen LogP contribution is -2.21. The van der Waals surface area contributed by atoms with Crippen molar-refractivity contribution in [1.29, 1.82) is 0 Å². The zero-order valence-electron chi connectivity index (χ0n) is 10.9. The zero-order chi connectivity index (χ0) is 14.8. The maximum Gasteiger partial charge on any atom is 0.328 e. The van der Waals surface area contributed by atoms with E-state index in [4.69, 9.17) is 16.3 Å². The molecule has 0 unspecified atom stereocenters. The van der Waals surface area contributed by atoms with Gasteiger partial charge in [-0.25, -0.2) is 4.39 Å². The Labute approximate surface area is 134 Å². The van der Waals surface area contributed by atoms with E-state index in [2.05, 4.69) is 30.9 Å². The number of hydrogen-bond acceptors (Lipinski definition) is 5. The van der Waals surface area contributed by atoms with E-state index in [1.165, 1.54) is 12.1 Å². The van der Waals surface area contributed by atoms with E-state index in [1.54, 1.807) is 6.07 Å². The molecule has 1 aromatic carbocycles. The summed E-state index contributed by atoms with van der Waals surface area (Å²) in [7, 11) is 0. The van der Waals surface area contributed by atoms with Gasteiger partial charge in [0.15, 0.2) is 0 Å². The molecule has 1 saturated heterocycles. The van der Waals surface area contributed by atoms with Crippen LogP contribution in [0.3, 0.4) is 0 Å². The average molecular weight is 374 g/mol. The molecule has 0 bridgehead atoms. The van der Waals surface area contributed by atoms with Crippen LogP contribution in [-0.4, -0.2) is 28.0 Å². The minimum atomic E-state index is -0.417. The molecule has 3 rings (SSSR count). The summed E-state index contributed by atoms with van der Waals surface area (Å²) in [6.45, 7) is 1.76. The summed E-state index contributed by atoms with van der Waals surface area (Å²) in [5.74, 6) is 0.355. The molecule has 0 N–H and O–H groups in total. The molecule has 0 saturated carbocycles. The summed E-state index contributed by atoms with van der Waals surface area (Å²) in [5, 5.41) is 0.0531. The van der Waals surface area contributed by atoms with Crippen molar-refractivity contribution in [2.45, 2.75) is 12.8 Å². The topological polar surface area (TPSA) is 51.1 Å². The summed E-state index contributed by atoms with van der Waals surface area (Å²) in [4.78, 5) is 14.3. The monoisotopic (exact) mass is 372 g/mol. The standard InChI is InChI=1S/C13H11BrClFN4O/c14-8-5-9(16)7-10(6-8)21-13-18-11(15)17-12(19-13)20-3-1-2-4-20/h5-7H,1-4H2. The molecule has 110 valence electrons.